The van der Waals surface area contributed by atoms with E-state index in [1.54, 1.807) is 11.0 Å². The van der Waals surface area contributed by atoms with Crippen LogP contribution in [-0.4, -0.2) is 47.3 Å². The van der Waals surface area contributed by atoms with Crippen LogP contribution in [0.25, 0.3) is 0 Å². The van der Waals surface area contributed by atoms with Crippen molar-refractivity contribution >= 4 is 11.6 Å². The van der Waals surface area contributed by atoms with Crippen LogP contribution in [0.3, 0.4) is 0 Å². The van der Waals surface area contributed by atoms with Gasteiger partial charge in [-0.1, -0.05) is 12.1 Å². The van der Waals surface area contributed by atoms with Crippen molar-refractivity contribution in [2.75, 3.05) is 25.4 Å². The third-order valence-corrected chi connectivity index (χ3v) is 3.53. The predicted octanol–water partition coefficient (Wildman–Crippen LogP) is 1.19. The summed E-state index contributed by atoms with van der Waals surface area (Å²) in [6.45, 7) is 6.47. The highest BCUT2D eigenvalue weighted by Crippen LogP contribution is 2.25. The maximum Gasteiger partial charge on any atom is 0.256 e. The summed E-state index contributed by atoms with van der Waals surface area (Å²) in [5.74, 6) is -0.110. The van der Waals surface area contributed by atoms with Crippen molar-refractivity contribution < 1.29 is 14.6 Å². The van der Waals surface area contributed by atoms with Crippen molar-refractivity contribution in [1.29, 1.82) is 0 Å². The van der Waals surface area contributed by atoms with Gasteiger partial charge < -0.3 is 20.5 Å². The van der Waals surface area contributed by atoms with E-state index in [2.05, 4.69) is 0 Å². The summed E-state index contributed by atoms with van der Waals surface area (Å²) in [4.78, 5) is 14.3. The number of rotatable bonds is 2. The second-order valence-corrected chi connectivity index (χ2v) is 5.90. The zero-order chi connectivity index (χ0) is 14.9. The molecule has 2 rings (SSSR count). The minimum Gasteiger partial charge on any atom is -0.398 e. The van der Waals surface area contributed by atoms with Crippen molar-refractivity contribution in [3.8, 4) is 0 Å². The fourth-order valence-corrected chi connectivity index (χ4v) is 2.58. The van der Waals surface area contributed by atoms with Crippen LogP contribution in [0.2, 0.25) is 0 Å². The topological polar surface area (TPSA) is 75.8 Å². The second-order valence-electron chi connectivity index (χ2n) is 5.90. The lowest BCUT2D eigenvalue weighted by Gasteiger charge is -2.42. The van der Waals surface area contributed by atoms with Gasteiger partial charge in [-0.3, -0.25) is 4.79 Å². The molecule has 1 unspecified atom stereocenters. The molecule has 0 aliphatic carbocycles. The van der Waals surface area contributed by atoms with Gasteiger partial charge in [0.25, 0.3) is 5.91 Å². The number of morpholine rings is 1. The lowest BCUT2D eigenvalue weighted by molar-refractivity contribution is -0.139. The van der Waals surface area contributed by atoms with Crippen LogP contribution < -0.4 is 5.73 Å². The first-order chi connectivity index (χ1) is 9.34. The molecule has 0 aromatic heterocycles. The third kappa shape index (κ3) is 2.94. The van der Waals surface area contributed by atoms with Crippen LogP contribution in [0.5, 0.6) is 0 Å². The predicted molar refractivity (Wildman–Crippen MR) is 77.5 cm³/mol. The molecule has 5 heteroatoms. The first-order valence-corrected chi connectivity index (χ1v) is 6.77. The Morgan fingerprint density at radius 2 is 2.25 bits per heavy atom. The fourth-order valence-electron chi connectivity index (χ4n) is 2.58. The molecule has 0 bridgehead atoms. The number of aliphatic hydroxyl groups excluding tert-OH is 1. The number of benzene rings is 1. The Kier molecular flexibility index (Phi) is 4.01. The van der Waals surface area contributed by atoms with Gasteiger partial charge in [0.2, 0.25) is 0 Å². The molecule has 110 valence electrons. The smallest absolute Gasteiger partial charge is 0.256 e. The van der Waals surface area contributed by atoms with E-state index in [0.717, 1.165) is 5.56 Å². The number of nitrogens with two attached hydrogens (primary N) is 1. The first-order valence-electron chi connectivity index (χ1n) is 6.77. The lowest BCUT2D eigenvalue weighted by atomic mass is 10.0. The molecule has 1 aliphatic heterocycles. The average molecular weight is 278 g/mol. The number of carbonyl (C=O) groups is 1. The van der Waals surface area contributed by atoms with Gasteiger partial charge in [0.05, 0.1) is 23.9 Å². The molecular weight excluding hydrogens is 256 g/mol. The van der Waals surface area contributed by atoms with E-state index in [4.69, 9.17) is 10.5 Å². The Labute approximate surface area is 119 Å². The van der Waals surface area contributed by atoms with Crippen molar-refractivity contribution in [1.82, 2.24) is 4.90 Å². The number of amides is 1. The van der Waals surface area contributed by atoms with Crippen LogP contribution in [0, 0.1) is 6.92 Å². The summed E-state index contributed by atoms with van der Waals surface area (Å²) in [5, 5.41) is 9.30. The van der Waals surface area contributed by atoms with Crippen molar-refractivity contribution in [3.63, 3.8) is 0 Å². The van der Waals surface area contributed by atoms with Gasteiger partial charge >= 0.3 is 0 Å². The Morgan fingerprint density at radius 1 is 1.55 bits per heavy atom. The number of para-hydroxylation sites is 1. The molecule has 3 N–H and O–H groups in total. The van der Waals surface area contributed by atoms with Gasteiger partial charge in [-0.25, -0.2) is 0 Å². The van der Waals surface area contributed by atoms with Crippen LogP contribution >= 0.6 is 0 Å². The summed E-state index contributed by atoms with van der Waals surface area (Å²) in [7, 11) is 0. The second kappa shape index (κ2) is 5.42. The molecular formula is C15H22N2O3. The van der Waals surface area contributed by atoms with E-state index in [1.165, 1.54) is 0 Å². The molecule has 1 aliphatic rings. The van der Waals surface area contributed by atoms with Gasteiger partial charge in [0.15, 0.2) is 0 Å². The van der Waals surface area contributed by atoms with Crippen LogP contribution in [0.4, 0.5) is 5.69 Å². The van der Waals surface area contributed by atoms with Gasteiger partial charge in [0, 0.05) is 18.8 Å². The molecule has 1 fully saturated rings. The minimum atomic E-state index is -0.472. The molecule has 1 saturated heterocycles. The Hall–Kier alpha value is -1.59. The standard InChI is InChI=1S/C15H22N2O3/c1-10-5-4-6-12(13(10)16)14(19)17-7-11(8-18)20-15(2,3)9-17/h4-6,11,18H,7-9,16H2,1-3H3. The zero-order valence-electron chi connectivity index (χ0n) is 12.2. The highest BCUT2D eigenvalue weighted by atomic mass is 16.5. The molecule has 0 saturated carbocycles. The summed E-state index contributed by atoms with van der Waals surface area (Å²) in [6, 6.07) is 5.45. The van der Waals surface area contributed by atoms with E-state index < -0.39 is 5.60 Å². The molecule has 20 heavy (non-hydrogen) atoms. The highest BCUT2D eigenvalue weighted by molar-refractivity contribution is 5.99. The molecule has 1 heterocycles. The number of anilines is 1. The number of nitrogens with zero attached hydrogens (tertiary/aromatic N) is 1. The van der Waals surface area contributed by atoms with Gasteiger partial charge in [-0.2, -0.15) is 0 Å². The molecule has 1 aromatic carbocycles. The van der Waals surface area contributed by atoms with E-state index in [9.17, 15) is 9.90 Å². The first kappa shape index (κ1) is 14.8. The minimum absolute atomic E-state index is 0.101. The summed E-state index contributed by atoms with van der Waals surface area (Å²) >= 11 is 0. The molecule has 1 amide bonds. The largest absolute Gasteiger partial charge is 0.398 e. The number of carbonyl (C=O) groups excluding carboxylic acids is 1. The number of hydrogen-bond acceptors (Lipinski definition) is 4. The molecule has 1 aromatic rings. The lowest BCUT2D eigenvalue weighted by Crippen LogP contribution is -2.55. The van der Waals surface area contributed by atoms with E-state index in [-0.39, 0.29) is 18.6 Å². The van der Waals surface area contributed by atoms with Gasteiger partial charge in [0.1, 0.15) is 0 Å². The normalized spacial score (nSPS) is 21.8. The highest BCUT2D eigenvalue weighted by Gasteiger charge is 2.36. The molecule has 5 nitrogen and oxygen atoms in total. The maximum atomic E-state index is 12.6. The van der Waals surface area contributed by atoms with Crippen molar-refractivity contribution in [3.05, 3.63) is 29.3 Å². The molecule has 0 spiro atoms. The zero-order valence-corrected chi connectivity index (χ0v) is 12.2. The van der Waals surface area contributed by atoms with Crippen LogP contribution in [-0.2, 0) is 4.74 Å². The number of nitrogen functional groups attached to an aromatic ring is 1. The van der Waals surface area contributed by atoms with E-state index in [1.807, 2.05) is 32.9 Å². The number of aliphatic hydroxyl groups is 1. The van der Waals surface area contributed by atoms with Crippen molar-refractivity contribution in [2.45, 2.75) is 32.5 Å². The van der Waals surface area contributed by atoms with Gasteiger partial charge in [-0.15, -0.1) is 0 Å². The van der Waals surface area contributed by atoms with Crippen LogP contribution in [0.1, 0.15) is 29.8 Å². The SMILES string of the molecule is Cc1cccc(C(=O)N2CC(CO)OC(C)(C)C2)c1N. The Bertz CT molecular complexity index is 514. The summed E-state index contributed by atoms with van der Waals surface area (Å²) in [5.41, 5.74) is 7.44. The monoisotopic (exact) mass is 278 g/mol. The number of aryl methyl sites for hydroxylation is 1. The fraction of sp³-hybridized carbons (Fsp3) is 0.533. The van der Waals surface area contributed by atoms with Crippen molar-refractivity contribution in [2.24, 2.45) is 0 Å². The van der Waals surface area contributed by atoms with E-state index in [0.29, 0.717) is 24.3 Å². The molecule has 1 atom stereocenters. The quantitative estimate of drug-likeness (QED) is 0.797. The van der Waals surface area contributed by atoms with Gasteiger partial charge in [-0.05, 0) is 32.4 Å². The average Bonchev–Trinajstić information content (AvgIpc) is 2.39. The Balaban J connectivity index is 2.26. The Morgan fingerprint density at radius 3 is 2.90 bits per heavy atom. The summed E-state index contributed by atoms with van der Waals surface area (Å²) in [6.07, 6.45) is -0.353. The van der Waals surface area contributed by atoms with Crippen LogP contribution in [0.15, 0.2) is 18.2 Å². The number of hydrogen-bond donors (Lipinski definition) is 2. The third-order valence-electron chi connectivity index (χ3n) is 3.53. The summed E-state index contributed by atoms with van der Waals surface area (Å²) < 4.78 is 5.72. The number of ether oxygens (including phenoxy) is 1. The van der Waals surface area contributed by atoms with E-state index >= 15 is 0 Å². The maximum absolute atomic E-state index is 12.6. The molecule has 0 radical (unpaired) electrons.